The first-order valence-corrected chi connectivity index (χ1v) is 7.16. The maximum Gasteiger partial charge on any atom is 0.416 e. The quantitative estimate of drug-likeness (QED) is 0.872. The molecule has 1 atom stereocenters. The molecule has 120 valence electrons. The first-order chi connectivity index (χ1) is 10.3. The van der Waals surface area contributed by atoms with Gasteiger partial charge in [0.15, 0.2) is 0 Å². The minimum Gasteiger partial charge on any atom is -0.339 e. The number of halogens is 3. The average Bonchev–Trinajstić information content (AvgIpc) is 2.95. The van der Waals surface area contributed by atoms with Crippen LogP contribution in [-0.4, -0.2) is 30.4 Å². The minimum absolute atomic E-state index is 0.0397. The van der Waals surface area contributed by atoms with E-state index >= 15 is 0 Å². The van der Waals surface area contributed by atoms with Gasteiger partial charge in [-0.1, -0.05) is 18.2 Å². The molecule has 1 fully saturated rings. The molecule has 1 aromatic carbocycles. The van der Waals surface area contributed by atoms with Crippen LogP contribution in [0.4, 0.5) is 13.2 Å². The van der Waals surface area contributed by atoms with E-state index in [-0.39, 0.29) is 17.4 Å². The number of benzene rings is 1. The van der Waals surface area contributed by atoms with Crippen molar-refractivity contribution >= 4 is 11.5 Å². The highest BCUT2D eigenvalue weighted by Crippen LogP contribution is 2.34. The van der Waals surface area contributed by atoms with Crippen molar-refractivity contribution in [1.82, 2.24) is 4.90 Å². The molecule has 0 aromatic heterocycles. The first kappa shape index (κ1) is 16.5. The van der Waals surface area contributed by atoms with E-state index in [9.17, 15) is 18.0 Å². The molecule has 0 saturated carbocycles. The van der Waals surface area contributed by atoms with Gasteiger partial charge in [0.2, 0.25) is 5.91 Å². The van der Waals surface area contributed by atoms with Gasteiger partial charge in [0.05, 0.1) is 5.56 Å². The van der Waals surface area contributed by atoms with E-state index in [0.29, 0.717) is 25.2 Å². The van der Waals surface area contributed by atoms with Gasteiger partial charge in [-0.25, -0.2) is 0 Å². The number of rotatable bonds is 3. The topological polar surface area (TPSA) is 46.3 Å². The zero-order valence-corrected chi connectivity index (χ0v) is 12.4. The highest BCUT2D eigenvalue weighted by atomic mass is 19.4. The Kier molecular flexibility index (Phi) is 4.90. The monoisotopic (exact) mass is 312 g/mol. The number of hydrogen-bond donors (Lipinski definition) is 1. The number of carbonyl (C=O) groups excluding carboxylic acids is 1. The van der Waals surface area contributed by atoms with Crippen LogP contribution < -0.4 is 5.73 Å². The number of hydrogen-bond acceptors (Lipinski definition) is 2. The second-order valence-electron chi connectivity index (χ2n) is 5.55. The molecule has 1 aliphatic rings. The fourth-order valence-corrected chi connectivity index (χ4v) is 2.65. The Morgan fingerprint density at radius 1 is 1.41 bits per heavy atom. The predicted molar refractivity (Wildman–Crippen MR) is 78.8 cm³/mol. The van der Waals surface area contributed by atoms with Gasteiger partial charge < -0.3 is 10.6 Å². The summed E-state index contributed by atoms with van der Waals surface area (Å²) in [5.74, 6) is 0.0190. The van der Waals surface area contributed by atoms with E-state index in [0.717, 1.165) is 12.5 Å². The van der Waals surface area contributed by atoms with Crippen molar-refractivity contribution in [2.45, 2.75) is 19.5 Å². The highest BCUT2D eigenvalue weighted by molar-refractivity contribution is 5.95. The molecule has 1 saturated heterocycles. The van der Waals surface area contributed by atoms with E-state index in [2.05, 4.69) is 0 Å². The van der Waals surface area contributed by atoms with Gasteiger partial charge in [0, 0.05) is 19.2 Å². The maximum absolute atomic E-state index is 13.0. The Hall–Kier alpha value is -1.82. The summed E-state index contributed by atoms with van der Waals surface area (Å²) in [7, 11) is 0. The molecular formula is C16H19F3N2O. The summed E-state index contributed by atoms with van der Waals surface area (Å²) in [4.78, 5) is 13.8. The Morgan fingerprint density at radius 2 is 2.09 bits per heavy atom. The van der Waals surface area contributed by atoms with E-state index in [1.165, 1.54) is 31.2 Å². The van der Waals surface area contributed by atoms with E-state index < -0.39 is 11.7 Å². The summed E-state index contributed by atoms with van der Waals surface area (Å²) >= 11 is 0. The molecule has 3 nitrogen and oxygen atoms in total. The standard InChI is InChI=1S/C16H19F3N2O/c1-11(8-15(22)21-7-6-12(9-20)10-21)13-4-2-3-5-14(13)16(17,18)19/h2-5,8,12H,6-7,9-10,20H2,1H3. The largest absolute Gasteiger partial charge is 0.416 e. The summed E-state index contributed by atoms with van der Waals surface area (Å²) in [5, 5.41) is 0. The van der Waals surface area contributed by atoms with Crippen LogP contribution >= 0.6 is 0 Å². The lowest BCUT2D eigenvalue weighted by molar-refractivity contribution is -0.137. The summed E-state index contributed by atoms with van der Waals surface area (Å²) in [6.45, 7) is 3.22. The molecule has 1 unspecified atom stereocenters. The molecule has 0 spiro atoms. The second-order valence-corrected chi connectivity index (χ2v) is 5.55. The molecule has 22 heavy (non-hydrogen) atoms. The van der Waals surface area contributed by atoms with Crippen LogP contribution in [0.1, 0.15) is 24.5 Å². The number of amides is 1. The zero-order chi connectivity index (χ0) is 16.3. The van der Waals surface area contributed by atoms with Crippen LogP contribution in [-0.2, 0) is 11.0 Å². The minimum atomic E-state index is -4.44. The van der Waals surface area contributed by atoms with Crippen molar-refractivity contribution in [3.63, 3.8) is 0 Å². The molecule has 1 heterocycles. The average molecular weight is 312 g/mol. The van der Waals surface area contributed by atoms with Gasteiger partial charge in [0.25, 0.3) is 0 Å². The molecule has 6 heteroatoms. The smallest absolute Gasteiger partial charge is 0.339 e. The highest BCUT2D eigenvalue weighted by Gasteiger charge is 2.33. The zero-order valence-electron chi connectivity index (χ0n) is 12.4. The van der Waals surface area contributed by atoms with Gasteiger partial charge in [-0.3, -0.25) is 4.79 Å². The van der Waals surface area contributed by atoms with Crippen molar-refractivity contribution in [2.24, 2.45) is 11.7 Å². The Balaban J connectivity index is 2.21. The summed E-state index contributed by atoms with van der Waals surface area (Å²) in [5.41, 5.74) is 5.21. The van der Waals surface area contributed by atoms with E-state index in [1.54, 1.807) is 4.90 Å². The molecule has 2 rings (SSSR count). The normalized spacial score (nSPS) is 19.6. The van der Waals surface area contributed by atoms with Crippen LogP contribution in [0, 0.1) is 5.92 Å². The van der Waals surface area contributed by atoms with Crippen molar-refractivity contribution in [1.29, 1.82) is 0 Å². The van der Waals surface area contributed by atoms with E-state index in [4.69, 9.17) is 5.73 Å². The summed E-state index contributed by atoms with van der Waals surface area (Å²) < 4.78 is 39.0. The number of carbonyl (C=O) groups is 1. The fourth-order valence-electron chi connectivity index (χ4n) is 2.65. The van der Waals surface area contributed by atoms with Crippen molar-refractivity contribution in [3.8, 4) is 0 Å². The van der Waals surface area contributed by atoms with Crippen LogP contribution in [0.2, 0.25) is 0 Å². The second kappa shape index (κ2) is 6.52. The Morgan fingerprint density at radius 3 is 2.68 bits per heavy atom. The fraction of sp³-hybridized carbons (Fsp3) is 0.438. The third-order valence-corrected chi connectivity index (χ3v) is 3.93. The molecule has 0 radical (unpaired) electrons. The summed E-state index contributed by atoms with van der Waals surface area (Å²) in [6.07, 6.45) is -2.31. The Labute approximate surface area is 127 Å². The van der Waals surface area contributed by atoms with Crippen molar-refractivity contribution in [2.75, 3.05) is 19.6 Å². The molecule has 1 amide bonds. The Bertz CT molecular complexity index is 581. The number of nitrogens with two attached hydrogens (primary N) is 1. The number of likely N-dealkylation sites (tertiary alicyclic amines) is 1. The lowest BCUT2D eigenvalue weighted by Gasteiger charge is -2.16. The SMILES string of the molecule is CC(=CC(=O)N1CCC(CN)C1)c1ccccc1C(F)(F)F. The molecule has 2 N–H and O–H groups in total. The van der Waals surface area contributed by atoms with Crippen molar-refractivity contribution in [3.05, 3.63) is 41.5 Å². The van der Waals surface area contributed by atoms with Crippen LogP contribution in [0.5, 0.6) is 0 Å². The first-order valence-electron chi connectivity index (χ1n) is 7.16. The third kappa shape index (κ3) is 3.68. The molecule has 1 aliphatic heterocycles. The van der Waals surface area contributed by atoms with Crippen LogP contribution in [0.25, 0.3) is 5.57 Å². The van der Waals surface area contributed by atoms with Gasteiger partial charge in [0.1, 0.15) is 0 Å². The number of allylic oxidation sites excluding steroid dienone is 1. The van der Waals surface area contributed by atoms with Gasteiger partial charge in [-0.15, -0.1) is 0 Å². The number of nitrogens with zero attached hydrogens (tertiary/aromatic N) is 1. The van der Waals surface area contributed by atoms with Gasteiger partial charge in [-0.05, 0) is 43.0 Å². The third-order valence-electron chi connectivity index (χ3n) is 3.93. The summed E-state index contributed by atoms with van der Waals surface area (Å²) in [6, 6.07) is 5.28. The van der Waals surface area contributed by atoms with Crippen molar-refractivity contribution < 1.29 is 18.0 Å². The van der Waals surface area contributed by atoms with E-state index in [1.807, 2.05) is 0 Å². The lowest BCUT2D eigenvalue weighted by atomic mass is 10.00. The number of alkyl halides is 3. The molecular weight excluding hydrogens is 293 g/mol. The van der Waals surface area contributed by atoms with Crippen LogP contribution in [0.3, 0.4) is 0 Å². The maximum atomic E-state index is 13.0. The van der Waals surface area contributed by atoms with Gasteiger partial charge in [-0.2, -0.15) is 13.2 Å². The molecule has 0 aliphatic carbocycles. The molecule has 1 aromatic rings. The van der Waals surface area contributed by atoms with Crippen LogP contribution in [0.15, 0.2) is 30.3 Å². The predicted octanol–water partition coefficient (Wildman–Crippen LogP) is 2.92. The molecule has 0 bridgehead atoms. The lowest BCUT2D eigenvalue weighted by Crippen LogP contribution is -2.28. The van der Waals surface area contributed by atoms with Gasteiger partial charge >= 0.3 is 6.18 Å².